The molecule has 1 N–H and O–H groups in total. The van der Waals surface area contributed by atoms with E-state index in [0.717, 1.165) is 45.6 Å². The number of thioether (sulfide) groups is 1. The zero-order valence-electron chi connectivity index (χ0n) is 13.2. The summed E-state index contributed by atoms with van der Waals surface area (Å²) in [6.07, 6.45) is 4.71. The molecule has 0 bridgehead atoms. The van der Waals surface area contributed by atoms with Crippen molar-refractivity contribution in [1.82, 2.24) is 15.1 Å². The molecule has 8 heteroatoms. The lowest BCUT2D eigenvalue weighted by Crippen LogP contribution is -2.33. The van der Waals surface area contributed by atoms with E-state index in [1.165, 1.54) is 35.9 Å². The van der Waals surface area contributed by atoms with Gasteiger partial charge in [0.2, 0.25) is 11.0 Å². The topological polar surface area (TPSA) is 58.1 Å². The minimum absolute atomic E-state index is 0.207. The van der Waals surface area contributed by atoms with Crippen molar-refractivity contribution >= 4 is 55.8 Å². The maximum Gasteiger partial charge on any atom is 0.233 e. The number of hydrogen-bond donors (Lipinski definition) is 1. The molecule has 1 fully saturated rings. The highest BCUT2D eigenvalue weighted by Crippen LogP contribution is 2.28. The van der Waals surface area contributed by atoms with E-state index < -0.39 is 0 Å². The zero-order valence-corrected chi connectivity index (χ0v) is 16.4. The molecule has 1 saturated heterocycles. The Bertz CT molecular complexity index is 686. The summed E-state index contributed by atoms with van der Waals surface area (Å²) in [7, 11) is 0. The number of rotatable bonds is 5. The molecule has 0 aliphatic carbocycles. The van der Waals surface area contributed by atoms with Crippen LogP contribution in [0.3, 0.4) is 0 Å². The number of hydrogen-bond acceptors (Lipinski definition) is 6. The van der Waals surface area contributed by atoms with Gasteiger partial charge in [0, 0.05) is 23.2 Å². The monoisotopic (exact) mass is 426 g/mol. The lowest BCUT2D eigenvalue weighted by atomic mass is 10.2. The van der Waals surface area contributed by atoms with Crippen molar-refractivity contribution in [3.8, 4) is 0 Å². The summed E-state index contributed by atoms with van der Waals surface area (Å²) in [5.41, 5.74) is 0.956. The number of nitrogens with one attached hydrogen (secondary N) is 1. The van der Waals surface area contributed by atoms with Crippen LogP contribution in [-0.4, -0.2) is 39.8 Å². The van der Waals surface area contributed by atoms with E-state index in [1.807, 2.05) is 29.2 Å². The lowest BCUT2D eigenvalue weighted by Gasteiger charge is -2.19. The zero-order chi connectivity index (χ0) is 16.8. The van der Waals surface area contributed by atoms with Crippen molar-refractivity contribution in [3.05, 3.63) is 28.7 Å². The first kappa shape index (κ1) is 17.7. The van der Waals surface area contributed by atoms with E-state index in [1.54, 1.807) is 0 Å². The van der Waals surface area contributed by atoms with Gasteiger partial charge in [-0.3, -0.25) is 4.79 Å². The van der Waals surface area contributed by atoms with Gasteiger partial charge in [-0.05, 0) is 31.0 Å². The Morgan fingerprint density at radius 2 is 2.04 bits per heavy atom. The standard InChI is InChI=1S/C16H19BrN4OS2/c17-12-6-5-7-13(10-12)18-15-19-20-16(24-15)23-11-14(22)21-8-3-1-2-4-9-21/h5-7,10H,1-4,8-9,11H2,(H,18,19). The second-order valence-electron chi connectivity index (χ2n) is 5.59. The van der Waals surface area contributed by atoms with Gasteiger partial charge in [0.25, 0.3) is 0 Å². The molecule has 2 heterocycles. The van der Waals surface area contributed by atoms with Gasteiger partial charge in [-0.15, -0.1) is 10.2 Å². The number of nitrogens with zero attached hydrogens (tertiary/aromatic N) is 3. The molecule has 1 amide bonds. The van der Waals surface area contributed by atoms with E-state index in [9.17, 15) is 4.79 Å². The number of carbonyl (C=O) groups is 1. The molecule has 0 saturated carbocycles. The van der Waals surface area contributed by atoms with Gasteiger partial charge in [-0.1, -0.05) is 57.9 Å². The highest BCUT2D eigenvalue weighted by atomic mass is 79.9. The largest absolute Gasteiger partial charge is 0.342 e. The smallest absolute Gasteiger partial charge is 0.233 e. The minimum Gasteiger partial charge on any atom is -0.342 e. The predicted molar refractivity (Wildman–Crippen MR) is 103 cm³/mol. The van der Waals surface area contributed by atoms with Crippen LogP contribution in [0.5, 0.6) is 0 Å². The van der Waals surface area contributed by atoms with Crippen LogP contribution in [0, 0.1) is 0 Å². The summed E-state index contributed by atoms with van der Waals surface area (Å²) in [4.78, 5) is 14.3. The Hall–Kier alpha value is -1.12. The van der Waals surface area contributed by atoms with Crippen LogP contribution >= 0.6 is 39.0 Å². The van der Waals surface area contributed by atoms with Crippen LogP contribution in [0.2, 0.25) is 0 Å². The molecule has 0 unspecified atom stereocenters. The molecule has 2 aromatic rings. The lowest BCUT2D eigenvalue weighted by molar-refractivity contribution is -0.128. The third-order valence-electron chi connectivity index (χ3n) is 3.76. The van der Waals surface area contributed by atoms with Crippen molar-refractivity contribution in [1.29, 1.82) is 0 Å². The molecule has 1 aliphatic heterocycles. The normalized spacial score (nSPS) is 15.1. The fourth-order valence-corrected chi connectivity index (χ4v) is 4.62. The summed E-state index contributed by atoms with van der Waals surface area (Å²) < 4.78 is 1.82. The van der Waals surface area contributed by atoms with Gasteiger partial charge < -0.3 is 10.2 Å². The first-order valence-corrected chi connectivity index (χ1v) is 10.6. The summed E-state index contributed by atoms with van der Waals surface area (Å²) in [5.74, 6) is 0.643. The van der Waals surface area contributed by atoms with E-state index in [-0.39, 0.29) is 5.91 Å². The Balaban J connectivity index is 1.51. The first-order chi connectivity index (χ1) is 11.7. The third kappa shape index (κ3) is 5.19. The molecule has 1 aliphatic rings. The maximum absolute atomic E-state index is 12.3. The van der Waals surface area contributed by atoms with Crippen molar-refractivity contribution in [2.45, 2.75) is 30.0 Å². The first-order valence-electron chi connectivity index (χ1n) is 7.97. The SMILES string of the molecule is O=C(CSc1nnc(Nc2cccc(Br)c2)s1)N1CCCCCC1. The van der Waals surface area contributed by atoms with Crippen molar-refractivity contribution < 1.29 is 4.79 Å². The van der Waals surface area contributed by atoms with Crippen LogP contribution in [0.4, 0.5) is 10.8 Å². The summed E-state index contributed by atoms with van der Waals surface area (Å²) in [6, 6.07) is 7.89. The van der Waals surface area contributed by atoms with Crippen molar-refractivity contribution in [2.24, 2.45) is 0 Å². The molecule has 3 rings (SSSR count). The van der Waals surface area contributed by atoms with Crippen LogP contribution < -0.4 is 5.32 Å². The molecule has 0 radical (unpaired) electrons. The number of aromatic nitrogens is 2. The van der Waals surface area contributed by atoms with Gasteiger partial charge in [0.15, 0.2) is 4.34 Å². The average Bonchev–Trinajstić information content (AvgIpc) is 2.83. The highest BCUT2D eigenvalue weighted by molar-refractivity contribution is 9.10. The Labute approximate surface area is 158 Å². The quantitative estimate of drug-likeness (QED) is 0.711. The minimum atomic E-state index is 0.207. The molecule has 24 heavy (non-hydrogen) atoms. The number of anilines is 2. The van der Waals surface area contributed by atoms with Crippen LogP contribution in [0.1, 0.15) is 25.7 Å². The molecular formula is C16H19BrN4OS2. The van der Waals surface area contributed by atoms with Crippen LogP contribution in [-0.2, 0) is 4.79 Å². The number of benzene rings is 1. The predicted octanol–water partition coefficient (Wildman–Crippen LogP) is 4.54. The number of amides is 1. The average molecular weight is 427 g/mol. The van der Waals surface area contributed by atoms with Gasteiger partial charge in [-0.2, -0.15) is 0 Å². The van der Waals surface area contributed by atoms with E-state index >= 15 is 0 Å². The Morgan fingerprint density at radius 3 is 2.79 bits per heavy atom. The summed E-state index contributed by atoms with van der Waals surface area (Å²) in [5, 5.41) is 12.3. The van der Waals surface area contributed by atoms with Crippen molar-refractivity contribution in [2.75, 3.05) is 24.2 Å². The maximum atomic E-state index is 12.3. The number of likely N-dealkylation sites (tertiary alicyclic amines) is 1. The molecule has 5 nitrogen and oxygen atoms in total. The molecule has 1 aromatic carbocycles. The van der Waals surface area contributed by atoms with Gasteiger partial charge in [0.1, 0.15) is 0 Å². The number of carbonyl (C=O) groups excluding carboxylic acids is 1. The Kier molecular flexibility index (Phi) is 6.51. The second-order valence-corrected chi connectivity index (χ2v) is 8.71. The molecular weight excluding hydrogens is 408 g/mol. The van der Waals surface area contributed by atoms with Gasteiger partial charge in [-0.25, -0.2) is 0 Å². The van der Waals surface area contributed by atoms with Gasteiger partial charge in [0.05, 0.1) is 5.75 Å². The second kappa shape index (κ2) is 8.82. The Morgan fingerprint density at radius 1 is 1.25 bits per heavy atom. The fraction of sp³-hybridized carbons (Fsp3) is 0.438. The van der Waals surface area contributed by atoms with E-state index in [4.69, 9.17) is 0 Å². The highest BCUT2D eigenvalue weighted by Gasteiger charge is 2.16. The van der Waals surface area contributed by atoms with E-state index in [0.29, 0.717) is 5.75 Å². The molecule has 0 atom stereocenters. The number of halogens is 1. The molecule has 128 valence electrons. The summed E-state index contributed by atoms with van der Waals surface area (Å²) >= 11 is 6.38. The van der Waals surface area contributed by atoms with Gasteiger partial charge >= 0.3 is 0 Å². The fourth-order valence-electron chi connectivity index (χ4n) is 2.54. The van der Waals surface area contributed by atoms with E-state index in [2.05, 4.69) is 31.4 Å². The van der Waals surface area contributed by atoms with Crippen molar-refractivity contribution in [3.63, 3.8) is 0 Å². The van der Waals surface area contributed by atoms with Crippen LogP contribution in [0.15, 0.2) is 33.1 Å². The molecule has 1 aromatic heterocycles. The van der Waals surface area contributed by atoms with Crippen LogP contribution in [0.25, 0.3) is 0 Å². The molecule has 0 spiro atoms. The summed E-state index contributed by atoms with van der Waals surface area (Å²) in [6.45, 7) is 1.79. The third-order valence-corrected chi connectivity index (χ3v) is 6.21.